The van der Waals surface area contributed by atoms with Gasteiger partial charge >= 0.3 is 0 Å². The van der Waals surface area contributed by atoms with Crippen molar-refractivity contribution in [3.63, 3.8) is 0 Å². The number of rotatable bonds is 1. The maximum atomic E-state index is 13.1. The predicted molar refractivity (Wildman–Crippen MR) is 53.9 cm³/mol. The fourth-order valence-electron chi connectivity index (χ4n) is 1.15. The number of carbonyl (C=O) groups is 1. The van der Waals surface area contributed by atoms with Crippen molar-refractivity contribution in [3.05, 3.63) is 32.6 Å². The number of aryl methyl sites for hydroxylation is 1. The average molecular weight is 278 g/mol. The highest BCUT2D eigenvalue weighted by molar-refractivity contribution is 14.1. The fourth-order valence-corrected chi connectivity index (χ4v) is 1.89. The molecule has 0 atom stereocenters. The standard InChI is InChI=1S/C9H8FIO/c1-5-3-7(11)4-8(10)9(5)6(2)12/h3-4H,1-2H3. The SMILES string of the molecule is CC(=O)c1c(C)cc(I)cc1F. The summed E-state index contributed by atoms with van der Waals surface area (Å²) in [5.74, 6) is -0.645. The predicted octanol–water partition coefficient (Wildman–Crippen LogP) is 2.94. The topological polar surface area (TPSA) is 17.1 Å². The molecule has 1 aromatic carbocycles. The molecular formula is C9H8FIO. The molecule has 1 nitrogen and oxygen atoms in total. The third kappa shape index (κ3) is 1.83. The molecule has 0 radical (unpaired) electrons. The van der Waals surface area contributed by atoms with Crippen LogP contribution in [0.2, 0.25) is 0 Å². The average Bonchev–Trinajstić information content (AvgIpc) is 1.82. The Bertz CT molecular complexity index is 310. The summed E-state index contributed by atoms with van der Waals surface area (Å²) in [6.45, 7) is 3.11. The number of Topliss-reactive ketones (excluding diaryl/α,β-unsaturated/α-hetero) is 1. The van der Waals surface area contributed by atoms with E-state index in [4.69, 9.17) is 0 Å². The van der Waals surface area contributed by atoms with E-state index in [1.165, 1.54) is 13.0 Å². The number of benzene rings is 1. The third-order valence-electron chi connectivity index (χ3n) is 1.60. The smallest absolute Gasteiger partial charge is 0.163 e. The Morgan fingerprint density at radius 3 is 2.50 bits per heavy atom. The molecule has 0 spiro atoms. The number of halogens is 2. The van der Waals surface area contributed by atoms with Crippen LogP contribution in [0.15, 0.2) is 12.1 Å². The second-order valence-electron chi connectivity index (χ2n) is 2.64. The van der Waals surface area contributed by atoms with Crippen LogP contribution < -0.4 is 0 Å². The van der Waals surface area contributed by atoms with Gasteiger partial charge in [-0.15, -0.1) is 0 Å². The summed E-state index contributed by atoms with van der Waals surface area (Å²) in [5, 5.41) is 0. The van der Waals surface area contributed by atoms with E-state index in [-0.39, 0.29) is 11.3 Å². The van der Waals surface area contributed by atoms with Gasteiger partial charge in [0.2, 0.25) is 0 Å². The van der Waals surface area contributed by atoms with Crippen LogP contribution in [0.1, 0.15) is 22.8 Å². The molecule has 0 aliphatic heterocycles. The van der Waals surface area contributed by atoms with Crippen LogP contribution >= 0.6 is 22.6 Å². The monoisotopic (exact) mass is 278 g/mol. The van der Waals surface area contributed by atoms with Gasteiger partial charge in [-0.25, -0.2) is 4.39 Å². The van der Waals surface area contributed by atoms with E-state index in [9.17, 15) is 9.18 Å². The first kappa shape index (κ1) is 9.64. The minimum absolute atomic E-state index is 0.204. The van der Waals surface area contributed by atoms with E-state index in [1.54, 1.807) is 13.0 Å². The van der Waals surface area contributed by atoms with E-state index in [2.05, 4.69) is 0 Å². The summed E-state index contributed by atoms with van der Waals surface area (Å²) >= 11 is 2.02. The molecule has 0 amide bonds. The first-order valence-electron chi connectivity index (χ1n) is 3.49. The Kier molecular flexibility index (Phi) is 2.82. The Hall–Kier alpha value is -0.450. The Balaban J connectivity index is 3.38. The molecule has 64 valence electrons. The summed E-state index contributed by atoms with van der Waals surface area (Å²) in [6.07, 6.45) is 0. The lowest BCUT2D eigenvalue weighted by molar-refractivity contribution is 0.101. The fraction of sp³-hybridized carbons (Fsp3) is 0.222. The van der Waals surface area contributed by atoms with Crippen molar-refractivity contribution in [1.29, 1.82) is 0 Å². The van der Waals surface area contributed by atoms with Crippen molar-refractivity contribution < 1.29 is 9.18 Å². The summed E-state index contributed by atoms with van der Waals surface area (Å²) < 4.78 is 13.9. The minimum Gasteiger partial charge on any atom is -0.294 e. The van der Waals surface area contributed by atoms with Gasteiger partial charge in [-0.2, -0.15) is 0 Å². The largest absolute Gasteiger partial charge is 0.294 e. The molecule has 3 heteroatoms. The van der Waals surface area contributed by atoms with E-state index in [1.807, 2.05) is 22.6 Å². The van der Waals surface area contributed by atoms with Gasteiger partial charge in [0, 0.05) is 3.57 Å². The van der Waals surface area contributed by atoms with Crippen molar-refractivity contribution in [2.45, 2.75) is 13.8 Å². The van der Waals surface area contributed by atoms with E-state index >= 15 is 0 Å². The van der Waals surface area contributed by atoms with Gasteiger partial charge in [-0.1, -0.05) is 0 Å². The molecule has 0 fully saturated rings. The van der Waals surface area contributed by atoms with E-state index in [0.29, 0.717) is 5.56 Å². The second-order valence-corrected chi connectivity index (χ2v) is 3.88. The molecule has 0 aliphatic carbocycles. The highest BCUT2D eigenvalue weighted by Gasteiger charge is 2.10. The van der Waals surface area contributed by atoms with Crippen LogP contribution in [0.25, 0.3) is 0 Å². The molecule has 0 heterocycles. The quantitative estimate of drug-likeness (QED) is 0.570. The maximum Gasteiger partial charge on any atom is 0.163 e. The van der Waals surface area contributed by atoms with E-state index < -0.39 is 5.82 Å². The van der Waals surface area contributed by atoms with Crippen molar-refractivity contribution in [2.75, 3.05) is 0 Å². The molecule has 0 aromatic heterocycles. The first-order valence-corrected chi connectivity index (χ1v) is 4.57. The molecule has 0 saturated heterocycles. The zero-order valence-electron chi connectivity index (χ0n) is 6.82. The lowest BCUT2D eigenvalue weighted by Gasteiger charge is -2.03. The minimum atomic E-state index is -0.424. The molecule has 0 aliphatic rings. The zero-order valence-corrected chi connectivity index (χ0v) is 8.98. The van der Waals surface area contributed by atoms with E-state index in [0.717, 1.165) is 3.57 Å². The highest BCUT2D eigenvalue weighted by Crippen LogP contribution is 2.17. The second kappa shape index (κ2) is 3.51. The van der Waals surface area contributed by atoms with Gasteiger partial charge in [0.25, 0.3) is 0 Å². The number of ketones is 1. The van der Waals surface area contributed by atoms with Crippen molar-refractivity contribution in [3.8, 4) is 0 Å². The Labute approximate surface area is 84.1 Å². The molecule has 1 aromatic rings. The molecule has 12 heavy (non-hydrogen) atoms. The van der Waals surface area contributed by atoms with Gasteiger partial charge in [0.15, 0.2) is 5.78 Å². The molecule has 0 unspecified atom stereocenters. The number of hydrogen-bond donors (Lipinski definition) is 0. The normalized spacial score (nSPS) is 10.0. The summed E-state index contributed by atoms with van der Waals surface area (Å²) in [5.41, 5.74) is 0.905. The third-order valence-corrected chi connectivity index (χ3v) is 2.23. The summed E-state index contributed by atoms with van der Waals surface area (Å²) in [6, 6.07) is 3.16. The molecule has 0 saturated carbocycles. The number of carbonyl (C=O) groups excluding carboxylic acids is 1. The van der Waals surface area contributed by atoms with Crippen LogP contribution in [0.4, 0.5) is 4.39 Å². The van der Waals surface area contributed by atoms with Crippen LogP contribution in [0.5, 0.6) is 0 Å². The first-order chi connectivity index (χ1) is 5.52. The molecule has 1 rings (SSSR count). The van der Waals surface area contributed by atoms with Gasteiger partial charge in [-0.05, 0) is 54.1 Å². The Morgan fingerprint density at radius 1 is 1.50 bits per heavy atom. The lowest BCUT2D eigenvalue weighted by atomic mass is 10.1. The molecular weight excluding hydrogens is 270 g/mol. The van der Waals surface area contributed by atoms with Crippen LogP contribution in [0.3, 0.4) is 0 Å². The molecule has 0 N–H and O–H groups in total. The van der Waals surface area contributed by atoms with Gasteiger partial charge < -0.3 is 0 Å². The van der Waals surface area contributed by atoms with Crippen molar-refractivity contribution in [1.82, 2.24) is 0 Å². The highest BCUT2D eigenvalue weighted by atomic mass is 127. The summed E-state index contributed by atoms with van der Waals surface area (Å²) in [7, 11) is 0. The van der Waals surface area contributed by atoms with Crippen molar-refractivity contribution in [2.24, 2.45) is 0 Å². The van der Waals surface area contributed by atoms with Crippen LogP contribution in [-0.2, 0) is 0 Å². The maximum absolute atomic E-state index is 13.1. The summed E-state index contributed by atoms with van der Waals surface area (Å²) in [4.78, 5) is 11.0. The van der Waals surface area contributed by atoms with Crippen LogP contribution in [0, 0.1) is 16.3 Å². The van der Waals surface area contributed by atoms with Gasteiger partial charge in [0.05, 0.1) is 5.56 Å². The zero-order chi connectivity index (χ0) is 9.30. The van der Waals surface area contributed by atoms with Gasteiger partial charge in [-0.3, -0.25) is 4.79 Å². The number of hydrogen-bond acceptors (Lipinski definition) is 1. The van der Waals surface area contributed by atoms with Gasteiger partial charge in [0.1, 0.15) is 5.82 Å². The van der Waals surface area contributed by atoms with Crippen molar-refractivity contribution >= 4 is 28.4 Å². The lowest BCUT2D eigenvalue weighted by Crippen LogP contribution is -2.01. The van der Waals surface area contributed by atoms with Crippen LogP contribution in [-0.4, -0.2) is 5.78 Å². The Morgan fingerprint density at radius 2 is 2.08 bits per heavy atom. The molecule has 0 bridgehead atoms.